The minimum Gasteiger partial charge on any atom is -0.481 e. The zero-order chi connectivity index (χ0) is 16.4. The first-order valence-electron chi connectivity index (χ1n) is 9.05. The first kappa shape index (κ1) is 14.3. The molecule has 2 saturated heterocycles. The van der Waals surface area contributed by atoms with Crippen LogP contribution in [0, 0.1) is 17.8 Å². The second-order valence-electron chi connectivity index (χ2n) is 7.77. The van der Waals surface area contributed by atoms with Crippen molar-refractivity contribution < 1.29 is 14.7 Å². The Morgan fingerprint density at radius 2 is 2.00 bits per heavy atom. The average molecular weight is 326 g/mol. The van der Waals surface area contributed by atoms with Crippen molar-refractivity contribution in [3.63, 3.8) is 0 Å². The summed E-state index contributed by atoms with van der Waals surface area (Å²) in [4.78, 5) is 28.1. The summed E-state index contributed by atoms with van der Waals surface area (Å²) in [5.74, 6) is -0.256. The van der Waals surface area contributed by atoms with Crippen LogP contribution in [-0.4, -0.2) is 45.8 Å². The van der Waals surface area contributed by atoms with Crippen molar-refractivity contribution >= 4 is 11.8 Å². The van der Waals surface area contributed by atoms with Crippen molar-refractivity contribution in [1.82, 2.24) is 9.80 Å². The Kier molecular flexibility index (Phi) is 2.97. The van der Waals surface area contributed by atoms with E-state index in [1.165, 1.54) is 12.1 Å². The highest BCUT2D eigenvalue weighted by atomic mass is 16.4. The number of allylic oxidation sites excluding steroid dienone is 4. The van der Waals surface area contributed by atoms with E-state index in [9.17, 15) is 14.7 Å². The summed E-state index contributed by atoms with van der Waals surface area (Å²) >= 11 is 0. The third-order valence-electron chi connectivity index (χ3n) is 6.54. The molecular formula is C19H22N2O3. The quantitative estimate of drug-likeness (QED) is 0.842. The zero-order valence-electron chi connectivity index (χ0n) is 13.6. The molecule has 126 valence electrons. The Balaban J connectivity index is 1.49. The van der Waals surface area contributed by atoms with Crippen molar-refractivity contribution in [1.29, 1.82) is 0 Å². The number of fused-ring (bicyclic) bond motifs is 2. The van der Waals surface area contributed by atoms with Gasteiger partial charge in [-0.2, -0.15) is 0 Å². The number of Topliss-reactive ketones (excluding diaryl/α,β-unsaturated/α-hetero) is 1. The highest BCUT2D eigenvalue weighted by molar-refractivity contribution is 5.88. The number of hydrogen-bond donors (Lipinski definition) is 1. The van der Waals surface area contributed by atoms with E-state index >= 15 is 0 Å². The Labute approximate surface area is 141 Å². The molecule has 24 heavy (non-hydrogen) atoms. The molecule has 3 fully saturated rings. The molecule has 0 spiro atoms. The van der Waals surface area contributed by atoms with Crippen LogP contribution < -0.4 is 0 Å². The third-order valence-corrected chi connectivity index (χ3v) is 6.54. The summed E-state index contributed by atoms with van der Waals surface area (Å²) in [6.07, 6.45) is 11.7. The maximum absolute atomic E-state index is 11.9. The lowest BCUT2D eigenvalue weighted by molar-refractivity contribution is -0.142. The van der Waals surface area contributed by atoms with Gasteiger partial charge in [-0.05, 0) is 37.0 Å². The van der Waals surface area contributed by atoms with Crippen LogP contribution >= 0.6 is 0 Å². The Bertz CT molecular complexity index is 720. The van der Waals surface area contributed by atoms with Gasteiger partial charge in [0.2, 0.25) is 0 Å². The monoisotopic (exact) mass is 326 g/mol. The lowest BCUT2D eigenvalue weighted by atomic mass is 9.79. The van der Waals surface area contributed by atoms with Gasteiger partial charge >= 0.3 is 5.97 Å². The van der Waals surface area contributed by atoms with E-state index in [4.69, 9.17) is 0 Å². The van der Waals surface area contributed by atoms with E-state index < -0.39 is 5.97 Å². The number of carboxylic acid groups (broad SMARTS) is 1. The van der Waals surface area contributed by atoms with E-state index in [2.05, 4.69) is 28.0 Å². The highest BCUT2D eigenvalue weighted by Crippen LogP contribution is 2.45. The number of likely N-dealkylation sites (tertiary alicyclic amines) is 1. The molecular weight excluding hydrogens is 304 g/mol. The van der Waals surface area contributed by atoms with Gasteiger partial charge in [-0.1, -0.05) is 12.8 Å². The first-order valence-corrected chi connectivity index (χ1v) is 9.05. The number of aliphatic carboxylic acids is 1. The summed E-state index contributed by atoms with van der Waals surface area (Å²) < 4.78 is 0. The maximum atomic E-state index is 11.9. The molecule has 1 saturated carbocycles. The van der Waals surface area contributed by atoms with Crippen LogP contribution in [0.5, 0.6) is 0 Å². The number of carbonyl (C=O) groups is 2. The number of carbonyl (C=O) groups excluding carboxylic acids is 1. The van der Waals surface area contributed by atoms with Crippen molar-refractivity contribution in [2.24, 2.45) is 17.8 Å². The molecule has 1 aliphatic carbocycles. The van der Waals surface area contributed by atoms with Gasteiger partial charge in [0.25, 0.3) is 0 Å². The normalized spacial score (nSPS) is 37.0. The lowest BCUT2D eigenvalue weighted by Crippen LogP contribution is -2.45. The van der Waals surface area contributed by atoms with Crippen molar-refractivity contribution in [3.8, 4) is 0 Å². The summed E-state index contributed by atoms with van der Waals surface area (Å²) in [6, 6.07) is 0.358. The Morgan fingerprint density at radius 3 is 2.75 bits per heavy atom. The summed E-state index contributed by atoms with van der Waals surface area (Å²) in [6.45, 7) is 1.12. The molecule has 0 aromatic carbocycles. The molecule has 5 nitrogen and oxygen atoms in total. The maximum Gasteiger partial charge on any atom is 0.308 e. The van der Waals surface area contributed by atoms with Gasteiger partial charge in [0.1, 0.15) is 0 Å². The van der Waals surface area contributed by atoms with Crippen LogP contribution in [-0.2, 0) is 9.59 Å². The molecule has 0 amide bonds. The summed E-state index contributed by atoms with van der Waals surface area (Å²) in [5.41, 5.74) is 3.51. The predicted octanol–water partition coefficient (Wildman–Crippen LogP) is 2.13. The van der Waals surface area contributed by atoms with E-state index in [-0.39, 0.29) is 17.8 Å². The fraction of sp³-hybridized carbons (Fsp3) is 0.579. The number of rotatable bonds is 2. The molecule has 5 heteroatoms. The third kappa shape index (κ3) is 1.93. The standard InChI is InChI=1S/C19H22N2O3/c22-18-10-20-12-5-11(18)6-13(20)8-14(7-12)21-9-16(19(23)24)15-3-1-2-4-17(15)21/h5,7-8,11,15-17H,1-4,6,9-10H2,(H,23,24). The number of ketones is 1. The fourth-order valence-corrected chi connectivity index (χ4v) is 5.36. The minimum absolute atomic E-state index is 0.0434. The average Bonchev–Trinajstić information content (AvgIpc) is 2.94. The van der Waals surface area contributed by atoms with Crippen LogP contribution in [0.25, 0.3) is 0 Å². The summed E-state index contributed by atoms with van der Waals surface area (Å²) in [7, 11) is 0. The van der Waals surface area contributed by atoms with Crippen LogP contribution in [0.3, 0.4) is 0 Å². The van der Waals surface area contributed by atoms with Gasteiger partial charge < -0.3 is 14.9 Å². The molecule has 0 aromatic heterocycles. The molecule has 0 aromatic rings. The topological polar surface area (TPSA) is 60.9 Å². The zero-order valence-corrected chi connectivity index (χ0v) is 13.6. The molecule has 4 atom stereocenters. The van der Waals surface area contributed by atoms with E-state index in [0.29, 0.717) is 24.9 Å². The van der Waals surface area contributed by atoms with Crippen LogP contribution in [0.2, 0.25) is 0 Å². The second kappa shape index (κ2) is 4.98. The predicted molar refractivity (Wildman–Crippen MR) is 87.6 cm³/mol. The van der Waals surface area contributed by atoms with Crippen LogP contribution in [0.1, 0.15) is 32.1 Å². The number of piperidine rings is 1. The van der Waals surface area contributed by atoms with Gasteiger partial charge in [0.15, 0.2) is 5.78 Å². The van der Waals surface area contributed by atoms with E-state index in [0.717, 1.165) is 37.1 Å². The Hall–Kier alpha value is -2.04. The molecule has 6 aliphatic rings. The number of carboxylic acids is 1. The SMILES string of the molecule is O=C1CN2C3=CC1CC2=CC(N1CC(C(=O)O)C2CCCCC21)=C3. The van der Waals surface area contributed by atoms with Gasteiger partial charge in [0.05, 0.1) is 12.5 Å². The fourth-order valence-electron chi connectivity index (χ4n) is 5.36. The minimum atomic E-state index is -0.647. The molecule has 4 unspecified atom stereocenters. The van der Waals surface area contributed by atoms with Crippen molar-refractivity contribution in [3.05, 3.63) is 35.3 Å². The smallest absolute Gasteiger partial charge is 0.308 e. The second-order valence-corrected chi connectivity index (χ2v) is 7.77. The van der Waals surface area contributed by atoms with E-state index in [1.54, 1.807) is 0 Å². The lowest BCUT2D eigenvalue weighted by Gasteiger charge is -2.44. The van der Waals surface area contributed by atoms with Gasteiger partial charge in [0, 0.05) is 42.0 Å². The largest absolute Gasteiger partial charge is 0.481 e. The van der Waals surface area contributed by atoms with Crippen molar-refractivity contribution in [2.75, 3.05) is 13.1 Å². The van der Waals surface area contributed by atoms with Gasteiger partial charge in [-0.15, -0.1) is 0 Å². The molecule has 5 heterocycles. The van der Waals surface area contributed by atoms with E-state index in [1.807, 2.05) is 0 Å². The molecule has 4 bridgehead atoms. The first-order chi connectivity index (χ1) is 11.6. The molecule has 0 radical (unpaired) electrons. The highest BCUT2D eigenvalue weighted by Gasteiger charge is 2.47. The van der Waals surface area contributed by atoms with Crippen molar-refractivity contribution in [2.45, 2.75) is 38.1 Å². The molecule has 6 rings (SSSR count). The summed E-state index contributed by atoms with van der Waals surface area (Å²) in [5, 5.41) is 9.63. The van der Waals surface area contributed by atoms with Crippen LogP contribution in [0.15, 0.2) is 35.3 Å². The Morgan fingerprint density at radius 1 is 1.17 bits per heavy atom. The molecule has 5 aliphatic heterocycles. The van der Waals surface area contributed by atoms with Gasteiger partial charge in [-0.3, -0.25) is 9.59 Å². The van der Waals surface area contributed by atoms with Gasteiger partial charge in [-0.25, -0.2) is 0 Å². The molecule has 1 N–H and O–H groups in total. The number of hydrogen-bond acceptors (Lipinski definition) is 4. The van der Waals surface area contributed by atoms with Crippen LogP contribution in [0.4, 0.5) is 0 Å². The number of nitrogens with zero attached hydrogens (tertiary/aromatic N) is 2.